The quantitative estimate of drug-likeness (QED) is 0.467. The summed E-state index contributed by atoms with van der Waals surface area (Å²) in [5, 5.41) is 8.00. The predicted octanol–water partition coefficient (Wildman–Crippen LogP) is 3.92. The van der Waals surface area contributed by atoms with Crippen LogP contribution in [-0.4, -0.2) is 56.6 Å². The van der Waals surface area contributed by atoms with Crippen LogP contribution in [-0.2, 0) is 6.54 Å². The van der Waals surface area contributed by atoms with Crippen molar-refractivity contribution < 1.29 is 9.18 Å². The maximum Gasteiger partial charge on any atom is 0.321 e. The number of piperazine rings is 1. The third-order valence-electron chi connectivity index (χ3n) is 6.14. The number of urea groups is 1. The fraction of sp³-hybridized carbons (Fsp3) is 0.280. The van der Waals surface area contributed by atoms with E-state index in [1.54, 1.807) is 24.0 Å². The molecule has 10 heteroatoms. The first-order chi connectivity index (χ1) is 16.9. The Balaban J connectivity index is 1.23. The molecule has 1 N–H and O–H groups in total. The van der Waals surface area contributed by atoms with Crippen molar-refractivity contribution in [1.82, 2.24) is 24.4 Å². The average Bonchev–Trinajstić information content (AvgIpc) is 3.27. The van der Waals surface area contributed by atoms with E-state index < -0.39 is 0 Å². The molecule has 5 rings (SSSR count). The predicted molar refractivity (Wildman–Crippen MR) is 134 cm³/mol. The van der Waals surface area contributed by atoms with Crippen LogP contribution in [0.3, 0.4) is 0 Å². The minimum absolute atomic E-state index is 0.204. The van der Waals surface area contributed by atoms with Crippen LogP contribution in [0.25, 0.3) is 15.5 Å². The molecule has 2 amide bonds. The molecule has 1 aliphatic heterocycles. The number of hydrogen-bond donors (Lipinski definition) is 1. The zero-order valence-corrected chi connectivity index (χ0v) is 20.3. The van der Waals surface area contributed by atoms with Gasteiger partial charge in [-0.3, -0.25) is 9.69 Å². The van der Waals surface area contributed by atoms with Gasteiger partial charge in [0.05, 0.1) is 5.69 Å². The molecule has 35 heavy (non-hydrogen) atoms. The number of aromatic nitrogens is 3. The lowest BCUT2D eigenvalue weighted by Gasteiger charge is -2.34. The largest absolute Gasteiger partial charge is 0.322 e. The molecule has 8 nitrogen and oxygen atoms in total. The number of amides is 2. The summed E-state index contributed by atoms with van der Waals surface area (Å²) in [7, 11) is 0. The molecule has 0 radical (unpaired) electrons. The minimum Gasteiger partial charge on any atom is -0.322 e. The highest BCUT2D eigenvalue weighted by molar-refractivity contribution is 7.19. The van der Waals surface area contributed by atoms with Crippen molar-refractivity contribution in [3.63, 3.8) is 0 Å². The molecule has 3 heterocycles. The zero-order chi connectivity index (χ0) is 24.5. The molecule has 2 aromatic carbocycles. The van der Waals surface area contributed by atoms with E-state index in [9.17, 15) is 14.0 Å². The number of aryl methyl sites for hydroxylation is 2. The number of anilines is 1. The van der Waals surface area contributed by atoms with Gasteiger partial charge in [-0.15, -0.1) is 0 Å². The monoisotopic (exact) mass is 492 g/mol. The number of benzene rings is 2. The third-order valence-corrected chi connectivity index (χ3v) is 7.08. The van der Waals surface area contributed by atoms with E-state index in [4.69, 9.17) is 0 Å². The first-order valence-corrected chi connectivity index (χ1v) is 12.2. The smallest absolute Gasteiger partial charge is 0.321 e. The summed E-state index contributed by atoms with van der Waals surface area (Å²) in [4.78, 5) is 34.4. The van der Waals surface area contributed by atoms with Crippen LogP contribution in [0.1, 0.15) is 16.8 Å². The number of carbonyl (C=O) groups is 1. The van der Waals surface area contributed by atoms with E-state index in [0.29, 0.717) is 54.6 Å². The Hall–Kier alpha value is -3.63. The van der Waals surface area contributed by atoms with Crippen LogP contribution < -0.4 is 10.9 Å². The van der Waals surface area contributed by atoms with Crippen LogP contribution in [0.15, 0.2) is 53.3 Å². The van der Waals surface area contributed by atoms with Gasteiger partial charge in [0.15, 0.2) is 0 Å². The van der Waals surface area contributed by atoms with E-state index >= 15 is 0 Å². The second kappa shape index (κ2) is 9.55. The van der Waals surface area contributed by atoms with Crippen molar-refractivity contribution >= 4 is 28.0 Å². The van der Waals surface area contributed by atoms with E-state index in [1.807, 2.05) is 31.2 Å². The second-order valence-electron chi connectivity index (χ2n) is 8.66. The molecule has 0 unspecified atom stereocenters. The van der Waals surface area contributed by atoms with Crippen molar-refractivity contribution in [2.75, 3.05) is 31.5 Å². The maximum atomic E-state index is 13.8. The van der Waals surface area contributed by atoms with Gasteiger partial charge in [0, 0.05) is 50.0 Å². The van der Waals surface area contributed by atoms with Crippen molar-refractivity contribution in [2.24, 2.45) is 0 Å². The van der Waals surface area contributed by atoms with Gasteiger partial charge < -0.3 is 10.2 Å². The number of rotatable bonds is 4. The zero-order valence-electron chi connectivity index (χ0n) is 19.5. The average molecular weight is 493 g/mol. The Morgan fingerprint density at radius 1 is 1.06 bits per heavy atom. The van der Waals surface area contributed by atoms with E-state index in [-0.39, 0.29) is 17.4 Å². The number of fused-ring (bicyclic) bond motifs is 1. The second-order valence-corrected chi connectivity index (χ2v) is 9.62. The Labute approximate surface area is 205 Å². The molecule has 1 fully saturated rings. The van der Waals surface area contributed by atoms with E-state index in [0.717, 1.165) is 16.1 Å². The first-order valence-electron chi connectivity index (χ1n) is 11.4. The summed E-state index contributed by atoms with van der Waals surface area (Å²) in [6, 6.07) is 13.9. The normalized spacial score (nSPS) is 14.4. The summed E-state index contributed by atoms with van der Waals surface area (Å²) < 4.78 is 15.1. The molecule has 1 aliphatic rings. The number of carbonyl (C=O) groups excluding carboxylic acids is 1. The van der Waals surface area contributed by atoms with Crippen molar-refractivity contribution in [3.05, 3.63) is 81.5 Å². The molecule has 1 saturated heterocycles. The van der Waals surface area contributed by atoms with Gasteiger partial charge in [-0.25, -0.2) is 14.2 Å². The molecule has 0 atom stereocenters. The Kier molecular flexibility index (Phi) is 6.31. The number of nitrogens with zero attached hydrogens (tertiary/aromatic N) is 5. The molecule has 180 valence electrons. The molecular weight excluding hydrogens is 467 g/mol. The van der Waals surface area contributed by atoms with E-state index in [1.165, 1.54) is 28.0 Å². The molecule has 0 bridgehead atoms. The summed E-state index contributed by atoms with van der Waals surface area (Å²) >= 11 is 1.40. The highest BCUT2D eigenvalue weighted by Gasteiger charge is 2.22. The topological polar surface area (TPSA) is 82.8 Å². The summed E-state index contributed by atoms with van der Waals surface area (Å²) in [6.07, 6.45) is 0. The number of halogens is 1. The van der Waals surface area contributed by atoms with Crippen LogP contribution in [0.4, 0.5) is 14.9 Å². The molecule has 2 aromatic heterocycles. The van der Waals surface area contributed by atoms with Gasteiger partial charge in [-0.05, 0) is 37.1 Å². The fourth-order valence-electron chi connectivity index (χ4n) is 4.07. The Morgan fingerprint density at radius 2 is 1.83 bits per heavy atom. The lowest BCUT2D eigenvalue weighted by atomic mass is 10.1. The molecule has 4 aromatic rings. The minimum atomic E-state index is -0.347. The van der Waals surface area contributed by atoms with Gasteiger partial charge in [0.25, 0.3) is 5.56 Å². The van der Waals surface area contributed by atoms with Gasteiger partial charge in [-0.1, -0.05) is 41.7 Å². The third kappa shape index (κ3) is 4.94. The fourth-order valence-corrected chi connectivity index (χ4v) is 5.08. The lowest BCUT2D eigenvalue weighted by Crippen LogP contribution is -2.49. The van der Waals surface area contributed by atoms with Crippen LogP contribution in [0.5, 0.6) is 0 Å². The lowest BCUT2D eigenvalue weighted by molar-refractivity contribution is 0.142. The summed E-state index contributed by atoms with van der Waals surface area (Å²) in [5.41, 5.74) is 3.54. The van der Waals surface area contributed by atoms with Crippen LogP contribution in [0.2, 0.25) is 0 Å². The number of hydrogen-bond acceptors (Lipinski definition) is 6. The van der Waals surface area contributed by atoms with Gasteiger partial charge in [0.1, 0.15) is 10.8 Å². The van der Waals surface area contributed by atoms with Crippen molar-refractivity contribution in [3.8, 4) is 10.6 Å². The Bertz CT molecular complexity index is 1460. The maximum absolute atomic E-state index is 13.8. The standard InChI is InChI=1S/C25H25FN6O2S/c1-16-5-3-4-6-20(16)23-29-32-22(33)14-19(28-25(32)35-23)15-30-9-11-31(12-10-30)24(34)27-18-8-7-17(2)21(26)13-18/h3-8,13-14H,9-12,15H2,1-2H3,(H,27,34). The van der Waals surface area contributed by atoms with Gasteiger partial charge in [0.2, 0.25) is 4.96 Å². The summed E-state index contributed by atoms with van der Waals surface area (Å²) in [5.74, 6) is -0.347. The molecular formula is C25H25FN6O2S. The first kappa shape index (κ1) is 23.1. The van der Waals surface area contributed by atoms with Crippen LogP contribution >= 0.6 is 11.3 Å². The van der Waals surface area contributed by atoms with E-state index in [2.05, 4.69) is 20.3 Å². The Morgan fingerprint density at radius 3 is 2.57 bits per heavy atom. The van der Waals surface area contributed by atoms with Crippen LogP contribution in [0, 0.1) is 19.7 Å². The van der Waals surface area contributed by atoms with Crippen molar-refractivity contribution in [2.45, 2.75) is 20.4 Å². The molecule has 0 aliphatic carbocycles. The molecule has 0 spiro atoms. The SMILES string of the molecule is Cc1ccc(NC(=O)N2CCN(Cc3cc(=O)n4nc(-c5ccccc5C)sc4n3)CC2)cc1F. The highest BCUT2D eigenvalue weighted by Crippen LogP contribution is 2.27. The summed E-state index contributed by atoms with van der Waals surface area (Å²) in [6.45, 7) is 6.56. The van der Waals surface area contributed by atoms with Gasteiger partial charge >= 0.3 is 6.03 Å². The highest BCUT2D eigenvalue weighted by atomic mass is 32.1. The van der Waals surface area contributed by atoms with Gasteiger partial charge in [-0.2, -0.15) is 9.61 Å². The van der Waals surface area contributed by atoms with Crippen molar-refractivity contribution in [1.29, 1.82) is 0 Å². The molecule has 0 saturated carbocycles. The number of nitrogens with one attached hydrogen (secondary N) is 1.